The number of nitrogens with zero attached hydrogens (tertiary/aromatic N) is 1. The van der Waals surface area contributed by atoms with Crippen LogP contribution in [0.3, 0.4) is 0 Å². The average molecular weight is 334 g/mol. The van der Waals surface area contributed by atoms with Crippen molar-refractivity contribution in [2.24, 2.45) is 0 Å². The molecule has 0 fully saturated rings. The van der Waals surface area contributed by atoms with Crippen LogP contribution in [0, 0.1) is 5.82 Å². The predicted octanol–water partition coefficient (Wildman–Crippen LogP) is 1.95. The Balaban J connectivity index is 2.77. The first kappa shape index (κ1) is 16.1. The molecule has 1 rings (SSSR count). The fourth-order valence-corrected chi connectivity index (χ4v) is 2.04. The third-order valence-electron chi connectivity index (χ3n) is 2.61. The first-order chi connectivity index (χ1) is 9.08. The van der Waals surface area contributed by atoms with E-state index in [-0.39, 0.29) is 37.8 Å². The molecule has 1 aromatic carbocycles. The molecule has 0 aliphatic rings. The van der Waals surface area contributed by atoms with Gasteiger partial charge in [0.2, 0.25) is 5.91 Å². The molecule has 4 nitrogen and oxygen atoms in total. The lowest BCUT2D eigenvalue weighted by Gasteiger charge is -2.22. The number of carbonyl (C=O) groups excluding carboxylic acids is 1. The Morgan fingerprint density at radius 1 is 1.53 bits per heavy atom. The summed E-state index contributed by atoms with van der Waals surface area (Å²) in [6.45, 7) is 0.457. The van der Waals surface area contributed by atoms with Crippen LogP contribution in [-0.4, -0.2) is 42.8 Å². The minimum atomic E-state index is -0.370. The molecule has 0 saturated heterocycles. The van der Waals surface area contributed by atoms with Gasteiger partial charge in [0.25, 0.3) is 0 Å². The topological polar surface area (TPSA) is 49.8 Å². The maximum absolute atomic E-state index is 13.6. The van der Waals surface area contributed by atoms with Crippen LogP contribution in [0.15, 0.2) is 22.7 Å². The first-order valence-corrected chi connectivity index (χ1v) is 6.69. The van der Waals surface area contributed by atoms with Crippen molar-refractivity contribution in [2.75, 3.05) is 26.9 Å². The van der Waals surface area contributed by atoms with Gasteiger partial charge in [0.15, 0.2) is 0 Å². The second-order valence-corrected chi connectivity index (χ2v) is 4.93. The lowest BCUT2D eigenvalue weighted by Crippen LogP contribution is -2.33. The van der Waals surface area contributed by atoms with E-state index in [1.807, 2.05) is 0 Å². The summed E-state index contributed by atoms with van der Waals surface area (Å²) in [7, 11) is 1.51. The highest BCUT2D eigenvalue weighted by atomic mass is 79.9. The summed E-state index contributed by atoms with van der Waals surface area (Å²) in [5.41, 5.74) is 0.411. The van der Waals surface area contributed by atoms with Crippen LogP contribution >= 0.6 is 15.9 Å². The van der Waals surface area contributed by atoms with Crippen LogP contribution in [0.2, 0.25) is 0 Å². The molecule has 0 atom stereocenters. The summed E-state index contributed by atoms with van der Waals surface area (Å²) in [6.07, 6.45) is 0.214. The maximum Gasteiger partial charge on any atom is 0.225 e. The highest BCUT2D eigenvalue weighted by molar-refractivity contribution is 9.10. The normalized spacial score (nSPS) is 10.5. The van der Waals surface area contributed by atoms with Gasteiger partial charge in [-0.15, -0.1) is 0 Å². The lowest BCUT2D eigenvalue weighted by molar-refractivity contribution is -0.133. The summed E-state index contributed by atoms with van der Waals surface area (Å²) in [5, 5.41) is 8.98. The van der Waals surface area contributed by atoms with E-state index in [2.05, 4.69) is 15.9 Å². The van der Waals surface area contributed by atoms with E-state index in [1.54, 1.807) is 12.1 Å². The molecule has 1 amide bonds. The molecule has 0 aliphatic heterocycles. The van der Waals surface area contributed by atoms with Crippen LogP contribution in [0.25, 0.3) is 0 Å². The van der Waals surface area contributed by atoms with E-state index in [0.717, 1.165) is 4.47 Å². The standard InChI is InChI=1S/C13H17BrFNO3/c1-19-7-4-13(18)16(5-6-17)9-10-8-11(14)2-3-12(10)15/h2-3,8,17H,4-7,9H2,1H3. The smallest absolute Gasteiger partial charge is 0.225 e. The molecule has 0 heterocycles. The van der Waals surface area contributed by atoms with Gasteiger partial charge in [0.1, 0.15) is 5.82 Å². The van der Waals surface area contributed by atoms with E-state index in [4.69, 9.17) is 9.84 Å². The lowest BCUT2D eigenvalue weighted by atomic mass is 10.2. The van der Waals surface area contributed by atoms with Crippen LogP contribution < -0.4 is 0 Å². The molecular formula is C13H17BrFNO3. The van der Waals surface area contributed by atoms with Crippen molar-refractivity contribution in [3.8, 4) is 0 Å². The Morgan fingerprint density at radius 2 is 2.26 bits per heavy atom. The zero-order valence-corrected chi connectivity index (χ0v) is 12.3. The van der Waals surface area contributed by atoms with E-state index >= 15 is 0 Å². The van der Waals surface area contributed by atoms with Gasteiger partial charge in [0.05, 0.1) is 19.6 Å². The molecule has 0 unspecified atom stereocenters. The fourth-order valence-electron chi connectivity index (χ4n) is 1.63. The summed E-state index contributed by atoms with van der Waals surface area (Å²) in [5.74, 6) is -0.541. The number of carbonyl (C=O) groups is 1. The van der Waals surface area contributed by atoms with Crippen LogP contribution in [0.5, 0.6) is 0 Å². The van der Waals surface area contributed by atoms with E-state index < -0.39 is 0 Å². The number of aliphatic hydroxyl groups is 1. The monoisotopic (exact) mass is 333 g/mol. The molecule has 1 N–H and O–H groups in total. The molecule has 0 saturated carbocycles. The second kappa shape index (κ2) is 8.24. The molecule has 0 radical (unpaired) electrons. The van der Waals surface area contributed by atoms with E-state index in [1.165, 1.54) is 18.1 Å². The van der Waals surface area contributed by atoms with Crippen LogP contribution in [-0.2, 0) is 16.1 Å². The molecular weight excluding hydrogens is 317 g/mol. The van der Waals surface area contributed by atoms with Gasteiger partial charge >= 0.3 is 0 Å². The number of ether oxygens (including phenoxy) is 1. The second-order valence-electron chi connectivity index (χ2n) is 4.02. The summed E-state index contributed by atoms with van der Waals surface area (Å²) < 4.78 is 19.2. The Morgan fingerprint density at radius 3 is 2.89 bits per heavy atom. The van der Waals surface area contributed by atoms with Crippen molar-refractivity contribution >= 4 is 21.8 Å². The Bertz CT molecular complexity index is 428. The SMILES string of the molecule is COCCC(=O)N(CCO)Cc1cc(Br)ccc1F. The minimum Gasteiger partial charge on any atom is -0.395 e. The number of benzene rings is 1. The number of hydrogen-bond donors (Lipinski definition) is 1. The predicted molar refractivity (Wildman–Crippen MR) is 73.1 cm³/mol. The van der Waals surface area contributed by atoms with Crippen molar-refractivity contribution in [3.63, 3.8) is 0 Å². The molecule has 0 aromatic heterocycles. The van der Waals surface area contributed by atoms with Crippen molar-refractivity contribution in [1.82, 2.24) is 4.90 Å². The Kier molecular flexibility index (Phi) is 6.97. The Hall–Kier alpha value is -0.980. The van der Waals surface area contributed by atoms with Crippen molar-refractivity contribution < 1.29 is 19.0 Å². The number of halogens is 2. The zero-order chi connectivity index (χ0) is 14.3. The van der Waals surface area contributed by atoms with Crippen molar-refractivity contribution in [2.45, 2.75) is 13.0 Å². The summed E-state index contributed by atoms with van der Waals surface area (Å²) >= 11 is 3.26. The van der Waals surface area contributed by atoms with Crippen molar-refractivity contribution in [3.05, 3.63) is 34.1 Å². The fraction of sp³-hybridized carbons (Fsp3) is 0.462. The van der Waals surface area contributed by atoms with Gasteiger partial charge in [-0.05, 0) is 18.2 Å². The molecule has 0 aliphatic carbocycles. The highest BCUT2D eigenvalue weighted by Gasteiger charge is 2.15. The largest absolute Gasteiger partial charge is 0.395 e. The van der Waals surface area contributed by atoms with Gasteiger partial charge in [-0.25, -0.2) is 4.39 Å². The number of rotatable bonds is 7. The molecule has 0 bridgehead atoms. The van der Waals surface area contributed by atoms with Gasteiger partial charge in [-0.2, -0.15) is 0 Å². The van der Waals surface area contributed by atoms with Gasteiger partial charge in [-0.1, -0.05) is 15.9 Å². The number of aliphatic hydroxyl groups excluding tert-OH is 1. The van der Waals surface area contributed by atoms with Gasteiger partial charge < -0.3 is 14.7 Å². The Labute approximate surface area is 120 Å². The third-order valence-corrected chi connectivity index (χ3v) is 3.10. The number of hydrogen-bond acceptors (Lipinski definition) is 3. The van der Waals surface area contributed by atoms with E-state index in [0.29, 0.717) is 12.2 Å². The van der Waals surface area contributed by atoms with Crippen LogP contribution in [0.1, 0.15) is 12.0 Å². The summed E-state index contributed by atoms with van der Waals surface area (Å²) in [6, 6.07) is 4.57. The minimum absolute atomic E-state index is 0.133. The molecule has 1 aromatic rings. The highest BCUT2D eigenvalue weighted by Crippen LogP contribution is 2.17. The molecule has 106 valence electrons. The number of amides is 1. The maximum atomic E-state index is 13.6. The van der Waals surface area contributed by atoms with E-state index in [9.17, 15) is 9.18 Å². The molecule has 0 spiro atoms. The molecule has 19 heavy (non-hydrogen) atoms. The number of methoxy groups -OCH3 is 1. The molecule has 6 heteroatoms. The van der Waals surface area contributed by atoms with Gasteiger partial charge in [-0.3, -0.25) is 4.79 Å². The quantitative estimate of drug-likeness (QED) is 0.829. The van der Waals surface area contributed by atoms with Crippen molar-refractivity contribution in [1.29, 1.82) is 0 Å². The van der Waals surface area contributed by atoms with Gasteiger partial charge in [0, 0.05) is 30.2 Å². The van der Waals surface area contributed by atoms with Crippen LogP contribution in [0.4, 0.5) is 4.39 Å². The third kappa shape index (κ3) is 5.26. The first-order valence-electron chi connectivity index (χ1n) is 5.90. The average Bonchev–Trinajstić information content (AvgIpc) is 2.39. The zero-order valence-electron chi connectivity index (χ0n) is 10.7. The summed E-state index contributed by atoms with van der Waals surface area (Å²) in [4.78, 5) is 13.3.